The first-order valence-corrected chi connectivity index (χ1v) is 9.85. The van der Waals surface area contributed by atoms with Gasteiger partial charge in [-0.15, -0.1) is 11.3 Å². The van der Waals surface area contributed by atoms with Crippen LogP contribution in [0.25, 0.3) is 10.8 Å². The number of hydrogen-bond acceptors (Lipinski definition) is 5. The van der Waals surface area contributed by atoms with Crippen molar-refractivity contribution in [3.05, 3.63) is 77.0 Å². The van der Waals surface area contributed by atoms with Crippen LogP contribution in [0.2, 0.25) is 0 Å². The lowest BCUT2D eigenvalue weighted by molar-refractivity contribution is -0.134. The number of fused-ring (bicyclic) bond motifs is 1. The van der Waals surface area contributed by atoms with Crippen molar-refractivity contribution in [3.8, 4) is 5.75 Å². The van der Waals surface area contributed by atoms with E-state index in [2.05, 4.69) is 65.3 Å². The molecule has 0 aliphatic rings. The van der Waals surface area contributed by atoms with Crippen LogP contribution in [-0.2, 0) is 9.59 Å². The van der Waals surface area contributed by atoms with Gasteiger partial charge in [0.15, 0.2) is 0 Å². The topological polar surface area (TPSA) is 95.9 Å². The number of ether oxygens (including phenoxy) is 1. The lowest BCUT2D eigenvalue weighted by Gasteiger charge is -2.19. The molecule has 0 unspecified atom stereocenters. The number of carboxylic acids is 2. The Morgan fingerprint density at radius 3 is 2.34 bits per heavy atom. The maximum absolute atomic E-state index is 9.55. The van der Waals surface area contributed by atoms with E-state index >= 15 is 0 Å². The number of benzene rings is 2. The average molecular weight is 413 g/mol. The summed E-state index contributed by atoms with van der Waals surface area (Å²) in [6.07, 6.45) is 2.17. The standard InChI is InChI=1S/C18H19NOS.C4H4O4/c1-19-12-11-17(18-10-5-13-21-18)20-16-9-4-7-14-6-2-3-8-15(14)16;5-3(6)1-2-4(7)8/h2-10,13,17,19H,11-12H2,1H3;1-2H,(H,5,6)(H,7,8)/t17-;/m0./s1. The summed E-state index contributed by atoms with van der Waals surface area (Å²) in [7, 11) is 1.98. The van der Waals surface area contributed by atoms with Gasteiger partial charge in [0.05, 0.1) is 0 Å². The minimum atomic E-state index is -1.26. The van der Waals surface area contributed by atoms with E-state index in [1.807, 2.05) is 7.05 Å². The zero-order valence-corrected chi connectivity index (χ0v) is 16.8. The summed E-state index contributed by atoms with van der Waals surface area (Å²) in [5.41, 5.74) is 0. The normalized spacial score (nSPS) is 11.6. The van der Waals surface area contributed by atoms with Crippen LogP contribution in [0.3, 0.4) is 0 Å². The monoisotopic (exact) mass is 413 g/mol. The Hall–Kier alpha value is -3.16. The molecular weight excluding hydrogens is 390 g/mol. The van der Waals surface area contributed by atoms with E-state index in [-0.39, 0.29) is 6.10 Å². The number of rotatable bonds is 8. The summed E-state index contributed by atoms with van der Waals surface area (Å²) in [5, 5.41) is 23.3. The van der Waals surface area contributed by atoms with E-state index in [4.69, 9.17) is 14.9 Å². The van der Waals surface area contributed by atoms with E-state index in [9.17, 15) is 9.59 Å². The SMILES string of the molecule is CNCC[C@H](Oc1cccc2ccccc12)c1cccs1.O=C(O)C=CC(=O)O. The Morgan fingerprint density at radius 2 is 1.72 bits per heavy atom. The molecule has 3 rings (SSSR count). The van der Waals surface area contributed by atoms with E-state index < -0.39 is 11.9 Å². The van der Waals surface area contributed by atoms with Gasteiger partial charge < -0.3 is 20.3 Å². The van der Waals surface area contributed by atoms with Gasteiger partial charge in [0.1, 0.15) is 11.9 Å². The minimum absolute atomic E-state index is 0.100. The summed E-state index contributed by atoms with van der Waals surface area (Å²) >= 11 is 1.75. The summed E-state index contributed by atoms with van der Waals surface area (Å²) in [6, 6.07) is 18.8. The smallest absolute Gasteiger partial charge is 0.328 e. The zero-order valence-electron chi connectivity index (χ0n) is 15.9. The first-order valence-electron chi connectivity index (χ1n) is 8.97. The fourth-order valence-electron chi connectivity index (χ4n) is 2.60. The van der Waals surface area contributed by atoms with Gasteiger partial charge in [-0.2, -0.15) is 0 Å². The van der Waals surface area contributed by atoms with Gasteiger partial charge in [-0.05, 0) is 36.5 Å². The van der Waals surface area contributed by atoms with Crippen molar-refractivity contribution in [3.63, 3.8) is 0 Å². The van der Waals surface area contributed by atoms with Crippen molar-refractivity contribution < 1.29 is 24.5 Å². The van der Waals surface area contributed by atoms with E-state index in [1.165, 1.54) is 15.6 Å². The molecule has 0 bridgehead atoms. The molecule has 0 aliphatic heterocycles. The molecule has 0 aliphatic carbocycles. The number of aliphatic carboxylic acids is 2. The summed E-state index contributed by atoms with van der Waals surface area (Å²) in [6.45, 7) is 0.938. The maximum Gasteiger partial charge on any atom is 0.328 e. The van der Waals surface area contributed by atoms with Crippen LogP contribution in [0.4, 0.5) is 0 Å². The molecule has 0 amide bonds. The number of carbonyl (C=O) groups is 2. The molecular formula is C22H23NO5S. The number of thiophene rings is 1. The molecule has 1 atom stereocenters. The van der Waals surface area contributed by atoms with Crippen LogP contribution < -0.4 is 10.1 Å². The summed E-state index contributed by atoms with van der Waals surface area (Å²) in [5.74, 6) is -1.55. The first-order chi connectivity index (χ1) is 14.0. The lowest BCUT2D eigenvalue weighted by atomic mass is 10.1. The Labute approximate surface area is 173 Å². The van der Waals surface area contributed by atoms with Gasteiger partial charge in [0, 0.05) is 28.8 Å². The highest BCUT2D eigenvalue weighted by molar-refractivity contribution is 7.10. The van der Waals surface area contributed by atoms with E-state index in [1.54, 1.807) is 11.3 Å². The predicted molar refractivity (Wildman–Crippen MR) is 115 cm³/mol. The van der Waals surface area contributed by atoms with Gasteiger partial charge in [0.25, 0.3) is 0 Å². The van der Waals surface area contributed by atoms with Crippen molar-refractivity contribution in [1.82, 2.24) is 5.32 Å². The van der Waals surface area contributed by atoms with Crippen molar-refractivity contribution in [2.45, 2.75) is 12.5 Å². The van der Waals surface area contributed by atoms with Crippen LogP contribution in [0.15, 0.2) is 72.1 Å². The summed E-state index contributed by atoms with van der Waals surface area (Å²) < 4.78 is 6.34. The fourth-order valence-corrected chi connectivity index (χ4v) is 3.39. The molecule has 7 heteroatoms. The molecule has 0 spiro atoms. The predicted octanol–water partition coefficient (Wildman–Crippen LogP) is 4.34. The molecule has 1 heterocycles. The second kappa shape index (κ2) is 11.6. The minimum Gasteiger partial charge on any atom is -0.484 e. The van der Waals surface area contributed by atoms with Crippen LogP contribution in [-0.4, -0.2) is 35.7 Å². The largest absolute Gasteiger partial charge is 0.484 e. The zero-order chi connectivity index (χ0) is 21.1. The van der Waals surface area contributed by atoms with Crippen LogP contribution in [0.1, 0.15) is 17.4 Å². The average Bonchev–Trinajstić information content (AvgIpc) is 3.25. The highest BCUT2D eigenvalue weighted by Gasteiger charge is 2.15. The lowest BCUT2D eigenvalue weighted by Crippen LogP contribution is -2.15. The third-order valence-electron chi connectivity index (χ3n) is 3.90. The van der Waals surface area contributed by atoms with Crippen LogP contribution in [0.5, 0.6) is 5.75 Å². The van der Waals surface area contributed by atoms with Crippen molar-refractivity contribution >= 4 is 34.0 Å². The molecule has 0 saturated carbocycles. The van der Waals surface area contributed by atoms with Crippen LogP contribution in [0, 0.1) is 0 Å². The Kier molecular flexibility index (Phi) is 8.88. The Balaban J connectivity index is 0.000000321. The molecule has 6 nitrogen and oxygen atoms in total. The van der Waals surface area contributed by atoms with Gasteiger partial charge in [0.2, 0.25) is 0 Å². The third kappa shape index (κ3) is 7.40. The highest BCUT2D eigenvalue weighted by atomic mass is 32.1. The van der Waals surface area contributed by atoms with Gasteiger partial charge >= 0.3 is 11.9 Å². The highest BCUT2D eigenvalue weighted by Crippen LogP contribution is 2.32. The third-order valence-corrected chi connectivity index (χ3v) is 4.87. The van der Waals surface area contributed by atoms with Crippen molar-refractivity contribution in [2.24, 2.45) is 0 Å². The molecule has 152 valence electrons. The Bertz CT molecular complexity index is 932. The van der Waals surface area contributed by atoms with Crippen molar-refractivity contribution in [2.75, 3.05) is 13.6 Å². The number of nitrogens with one attached hydrogen (secondary N) is 1. The number of carboxylic acid groups (broad SMARTS) is 2. The molecule has 0 fully saturated rings. The van der Waals surface area contributed by atoms with Crippen molar-refractivity contribution in [1.29, 1.82) is 0 Å². The molecule has 2 aromatic carbocycles. The number of hydrogen-bond donors (Lipinski definition) is 3. The van der Waals surface area contributed by atoms with E-state index in [0.29, 0.717) is 12.2 Å². The first kappa shape index (κ1) is 22.1. The molecule has 3 N–H and O–H groups in total. The second-order valence-corrected chi connectivity index (χ2v) is 6.98. The molecule has 0 saturated heterocycles. The van der Waals surface area contributed by atoms with Gasteiger partial charge in [-0.3, -0.25) is 0 Å². The molecule has 0 radical (unpaired) electrons. The second-order valence-electron chi connectivity index (χ2n) is 6.00. The van der Waals surface area contributed by atoms with E-state index in [0.717, 1.165) is 18.7 Å². The van der Waals surface area contributed by atoms with Crippen LogP contribution >= 0.6 is 11.3 Å². The quantitative estimate of drug-likeness (QED) is 0.476. The molecule has 3 aromatic rings. The summed E-state index contributed by atoms with van der Waals surface area (Å²) in [4.78, 5) is 20.4. The van der Waals surface area contributed by atoms with Gasteiger partial charge in [-0.1, -0.05) is 42.5 Å². The maximum atomic E-state index is 9.55. The van der Waals surface area contributed by atoms with Gasteiger partial charge in [-0.25, -0.2) is 9.59 Å². The molecule has 1 aromatic heterocycles. The fraction of sp³-hybridized carbons (Fsp3) is 0.182. The Morgan fingerprint density at radius 1 is 1.03 bits per heavy atom. The molecule has 29 heavy (non-hydrogen) atoms.